The minimum absolute atomic E-state index is 0.248. The van der Waals surface area contributed by atoms with Crippen LogP contribution in [0.25, 0.3) is 0 Å². The highest BCUT2D eigenvalue weighted by atomic mass is 32.2. The van der Waals surface area contributed by atoms with Gasteiger partial charge in [0.15, 0.2) is 0 Å². The van der Waals surface area contributed by atoms with Crippen LogP contribution in [0.1, 0.15) is 11.4 Å². The zero-order valence-corrected chi connectivity index (χ0v) is 13.5. The molecule has 1 aliphatic heterocycles. The van der Waals surface area contributed by atoms with Crippen LogP contribution in [0.4, 0.5) is 0 Å². The maximum atomic E-state index is 12.2. The van der Waals surface area contributed by atoms with E-state index in [-0.39, 0.29) is 10.8 Å². The maximum Gasteiger partial charge on any atom is 0.241 e. The predicted molar refractivity (Wildman–Crippen MR) is 84.2 cm³/mol. The summed E-state index contributed by atoms with van der Waals surface area (Å²) in [6, 6.07) is 5.96. The molecule has 8 heteroatoms. The molecule has 1 aliphatic rings. The van der Waals surface area contributed by atoms with Gasteiger partial charge in [0.05, 0.1) is 4.90 Å². The number of amides is 1. The largest absolute Gasteiger partial charge is 0.353 e. The van der Waals surface area contributed by atoms with Crippen molar-refractivity contribution in [3.05, 3.63) is 48.0 Å². The highest BCUT2D eigenvalue weighted by Gasteiger charge is 2.32. The lowest BCUT2D eigenvalue weighted by atomic mass is 10.1. The van der Waals surface area contributed by atoms with Crippen molar-refractivity contribution >= 4 is 15.9 Å². The third kappa shape index (κ3) is 3.27. The van der Waals surface area contributed by atoms with Crippen molar-refractivity contribution in [1.82, 2.24) is 19.6 Å². The number of rotatable bonds is 4. The SMILES string of the molecule is Cc1nccn1CCNC(=O)[C@@H]1Cc2ccccc2S(=O)(=O)N1. The molecule has 23 heavy (non-hydrogen) atoms. The summed E-state index contributed by atoms with van der Waals surface area (Å²) in [5.74, 6) is 0.549. The van der Waals surface area contributed by atoms with Gasteiger partial charge in [-0.25, -0.2) is 13.4 Å². The topological polar surface area (TPSA) is 93.1 Å². The second-order valence-electron chi connectivity index (χ2n) is 5.44. The Morgan fingerprint density at radius 2 is 2.22 bits per heavy atom. The van der Waals surface area contributed by atoms with E-state index >= 15 is 0 Å². The molecule has 0 spiro atoms. The summed E-state index contributed by atoms with van der Waals surface area (Å²) >= 11 is 0. The van der Waals surface area contributed by atoms with Gasteiger partial charge in [-0.2, -0.15) is 4.72 Å². The van der Waals surface area contributed by atoms with Gasteiger partial charge in [-0.1, -0.05) is 18.2 Å². The van der Waals surface area contributed by atoms with E-state index in [0.29, 0.717) is 25.1 Å². The first kappa shape index (κ1) is 15.7. The first-order valence-corrected chi connectivity index (χ1v) is 8.81. The van der Waals surface area contributed by atoms with Crippen molar-refractivity contribution in [2.45, 2.75) is 30.8 Å². The van der Waals surface area contributed by atoms with Gasteiger partial charge >= 0.3 is 0 Å². The minimum Gasteiger partial charge on any atom is -0.353 e. The molecular weight excluding hydrogens is 316 g/mol. The van der Waals surface area contributed by atoms with Crippen LogP contribution in [0.2, 0.25) is 0 Å². The van der Waals surface area contributed by atoms with Crippen molar-refractivity contribution in [1.29, 1.82) is 0 Å². The molecule has 0 saturated heterocycles. The number of sulfonamides is 1. The Kier molecular flexibility index (Phi) is 4.18. The molecular formula is C15H18N4O3S. The summed E-state index contributed by atoms with van der Waals surface area (Å²) in [5, 5.41) is 2.77. The average Bonchev–Trinajstić information content (AvgIpc) is 2.92. The quantitative estimate of drug-likeness (QED) is 0.836. The van der Waals surface area contributed by atoms with Gasteiger partial charge in [0.1, 0.15) is 11.9 Å². The molecule has 7 nitrogen and oxygen atoms in total. The van der Waals surface area contributed by atoms with Crippen LogP contribution in [0, 0.1) is 6.92 Å². The minimum atomic E-state index is -3.64. The van der Waals surface area contributed by atoms with Crippen LogP contribution in [-0.4, -0.2) is 36.5 Å². The van der Waals surface area contributed by atoms with E-state index in [0.717, 1.165) is 5.82 Å². The molecule has 0 saturated carbocycles. The monoisotopic (exact) mass is 334 g/mol. The highest BCUT2D eigenvalue weighted by molar-refractivity contribution is 7.89. The Morgan fingerprint density at radius 1 is 1.43 bits per heavy atom. The molecule has 0 unspecified atom stereocenters. The molecule has 1 aromatic carbocycles. The number of aromatic nitrogens is 2. The Labute approximate surface area is 134 Å². The smallest absolute Gasteiger partial charge is 0.241 e. The van der Waals surface area contributed by atoms with Gasteiger partial charge < -0.3 is 9.88 Å². The van der Waals surface area contributed by atoms with Gasteiger partial charge in [0.2, 0.25) is 15.9 Å². The lowest BCUT2D eigenvalue weighted by molar-refractivity contribution is -0.122. The Morgan fingerprint density at radius 3 is 2.96 bits per heavy atom. The first-order chi connectivity index (χ1) is 11.0. The van der Waals surface area contributed by atoms with Crippen LogP contribution in [0.3, 0.4) is 0 Å². The van der Waals surface area contributed by atoms with E-state index in [1.165, 1.54) is 0 Å². The summed E-state index contributed by atoms with van der Waals surface area (Å²) < 4.78 is 28.7. The third-order valence-electron chi connectivity index (χ3n) is 3.88. The second kappa shape index (κ2) is 6.13. The molecule has 0 fully saturated rings. The van der Waals surface area contributed by atoms with Crippen molar-refractivity contribution in [3.8, 4) is 0 Å². The van der Waals surface area contributed by atoms with Crippen LogP contribution in [0.5, 0.6) is 0 Å². The van der Waals surface area contributed by atoms with E-state index in [1.807, 2.05) is 17.7 Å². The summed E-state index contributed by atoms with van der Waals surface area (Å²) in [4.78, 5) is 16.6. The molecule has 0 bridgehead atoms. The number of benzene rings is 1. The van der Waals surface area contributed by atoms with Crippen LogP contribution < -0.4 is 10.0 Å². The Bertz CT molecular complexity index is 829. The number of nitrogens with one attached hydrogen (secondary N) is 2. The third-order valence-corrected chi connectivity index (χ3v) is 5.45. The van der Waals surface area contributed by atoms with Gasteiger partial charge in [-0.05, 0) is 25.0 Å². The standard InChI is InChI=1S/C15H18N4O3S/c1-11-16-6-8-19(11)9-7-17-15(20)13-10-12-4-2-3-5-14(12)23(21,22)18-13/h2-6,8,13,18H,7,9-10H2,1H3,(H,17,20)/t13-/m0/s1. The summed E-state index contributed by atoms with van der Waals surface area (Å²) in [7, 11) is -3.64. The molecule has 3 rings (SSSR count). The Hall–Kier alpha value is -2.19. The predicted octanol–water partition coefficient (Wildman–Crippen LogP) is 0.211. The van der Waals surface area contributed by atoms with E-state index in [1.54, 1.807) is 30.5 Å². The Balaban J connectivity index is 1.64. The van der Waals surface area contributed by atoms with E-state index in [2.05, 4.69) is 15.0 Å². The molecule has 1 amide bonds. The summed E-state index contributed by atoms with van der Waals surface area (Å²) in [5.41, 5.74) is 0.664. The number of hydrogen-bond donors (Lipinski definition) is 2. The molecule has 0 aliphatic carbocycles. The van der Waals surface area contributed by atoms with Crippen LogP contribution in [0.15, 0.2) is 41.6 Å². The molecule has 0 radical (unpaired) electrons. The fourth-order valence-electron chi connectivity index (χ4n) is 2.66. The van der Waals surface area contributed by atoms with Crippen molar-refractivity contribution < 1.29 is 13.2 Å². The fraction of sp³-hybridized carbons (Fsp3) is 0.333. The molecule has 2 N–H and O–H groups in total. The number of hydrogen-bond acceptors (Lipinski definition) is 4. The lowest BCUT2D eigenvalue weighted by Gasteiger charge is -2.25. The summed E-state index contributed by atoms with van der Waals surface area (Å²) in [6.07, 6.45) is 3.88. The lowest BCUT2D eigenvalue weighted by Crippen LogP contribution is -2.51. The number of carbonyl (C=O) groups excluding carboxylic acids is 1. The van der Waals surface area contributed by atoms with Crippen LogP contribution in [-0.2, 0) is 27.8 Å². The van der Waals surface area contributed by atoms with Crippen molar-refractivity contribution in [2.24, 2.45) is 0 Å². The highest BCUT2D eigenvalue weighted by Crippen LogP contribution is 2.22. The number of carbonyl (C=O) groups is 1. The normalized spacial score (nSPS) is 19.1. The molecule has 1 aromatic heterocycles. The number of nitrogens with zero attached hydrogens (tertiary/aromatic N) is 2. The summed E-state index contributed by atoms with van der Waals surface area (Å²) in [6.45, 7) is 2.89. The van der Waals surface area contributed by atoms with E-state index in [9.17, 15) is 13.2 Å². The number of aryl methyl sites for hydroxylation is 1. The fourth-order valence-corrected chi connectivity index (χ4v) is 4.10. The average molecular weight is 334 g/mol. The van der Waals surface area contributed by atoms with Gasteiger partial charge in [0.25, 0.3) is 0 Å². The number of fused-ring (bicyclic) bond motifs is 1. The van der Waals surface area contributed by atoms with Gasteiger partial charge in [-0.15, -0.1) is 0 Å². The van der Waals surface area contributed by atoms with Gasteiger partial charge in [-0.3, -0.25) is 4.79 Å². The zero-order chi connectivity index (χ0) is 16.4. The molecule has 1 atom stereocenters. The molecule has 2 aromatic rings. The maximum absolute atomic E-state index is 12.2. The second-order valence-corrected chi connectivity index (χ2v) is 7.13. The molecule has 122 valence electrons. The molecule has 2 heterocycles. The van der Waals surface area contributed by atoms with Gasteiger partial charge in [0, 0.05) is 25.5 Å². The van der Waals surface area contributed by atoms with Crippen LogP contribution >= 0.6 is 0 Å². The van der Waals surface area contributed by atoms with Crippen molar-refractivity contribution in [3.63, 3.8) is 0 Å². The zero-order valence-electron chi connectivity index (χ0n) is 12.7. The first-order valence-electron chi connectivity index (χ1n) is 7.33. The van der Waals surface area contributed by atoms with E-state index < -0.39 is 16.1 Å². The van der Waals surface area contributed by atoms with Crippen molar-refractivity contribution in [2.75, 3.05) is 6.54 Å². The number of imidazole rings is 1. The van der Waals surface area contributed by atoms with E-state index in [4.69, 9.17) is 0 Å².